The van der Waals surface area contributed by atoms with Gasteiger partial charge in [0.2, 0.25) is 9.84 Å². The number of hydrogen-bond acceptors (Lipinski definition) is 6. The highest BCUT2D eigenvalue weighted by Gasteiger charge is 2.30. The van der Waals surface area contributed by atoms with Gasteiger partial charge in [-0.1, -0.05) is 41.9 Å². The van der Waals surface area contributed by atoms with Crippen LogP contribution in [0, 0.1) is 0 Å². The molecule has 0 aliphatic heterocycles. The highest BCUT2D eigenvalue weighted by atomic mass is 35.5. The molecule has 0 atom stereocenters. The maximum atomic E-state index is 13.4. The number of nitrogen functional groups attached to an aromatic ring is 1. The summed E-state index contributed by atoms with van der Waals surface area (Å²) < 4.78 is 28.7. The molecule has 9 heteroatoms. The van der Waals surface area contributed by atoms with Gasteiger partial charge >= 0.3 is 0 Å². The van der Waals surface area contributed by atoms with Crippen LogP contribution in [0.15, 0.2) is 75.1 Å². The minimum absolute atomic E-state index is 0.00725. The van der Waals surface area contributed by atoms with Gasteiger partial charge in [-0.2, -0.15) is 0 Å². The molecule has 0 aliphatic rings. The van der Waals surface area contributed by atoms with Crippen molar-refractivity contribution in [1.82, 2.24) is 14.5 Å². The SMILES string of the molecule is Nc1c(S(=O)(=O)c2cccs2)c2nc3ccccc3nc2n1Cc1ccc(Cl)cc1. The van der Waals surface area contributed by atoms with E-state index < -0.39 is 9.84 Å². The first-order valence-electron chi connectivity index (χ1n) is 9.02. The van der Waals surface area contributed by atoms with Crippen molar-refractivity contribution in [2.24, 2.45) is 0 Å². The normalized spacial score (nSPS) is 12.0. The zero-order chi connectivity index (χ0) is 20.9. The molecule has 0 radical (unpaired) electrons. The predicted octanol–water partition coefficient (Wildman–Crippen LogP) is 4.76. The molecule has 5 aromatic rings. The van der Waals surface area contributed by atoms with Crippen LogP contribution < -0.4 is 5.73 Å². The van der Waals surface area contributed by atoms with Crippen LogP contribution in [0.3, 0.4) is 0 Å². The number of sulfone groups is 1. The molecule has 0 saturated heterocycles. The minimum Gasteiger partial charge on any atom is -0.384 e. The van der Waals surface area contributed by atoms with Crippen LogP contribution in [-0.2, 0) is 16.4 Å². The Morgan fingerprint density at radius 3 is 2.33 bits per heavy atom. The first-order chi connectivity index (χ1) is 14.4. The predicted molar refractivity (Wildman–Crippen MR) is 120 cm³/mol. The van der Waals surface area contributed by atoms with Crippen molar-refractivity contribution in [1.29, 1.82) is 0 Å². The molecule has 0 aliphatic carbocycles. The summed E-state index contributed by atoms with van der Waals surface area (Å²) in [5, 5.41) is 2.34. The average Bonchev–Trinajstić information content (AvgIpc) is 3.36. The summed E-state index contributed by atoms with van der Waals surface area (Å²) in [7, 11) is -3.85. The monoisotopic (exact) mass is 454 g/mol. The number of benzene rings is 2. The lowest BCUT2D eigenvalue weighted by atomic mass is 10.2. The van der Waals surface area contributed by atoms with Crippen molar-refractivity contribution < 1.29 is 8.42 Å². The number of rotatable bonds is 4. The maximum absolute atomic E-state index is 13.4. The molecule has 0 fully saturated rings. The molecule has 0 unspecified atom stereocenters. The molecule has 0 bridgehead atoms. The molecule has 0 amide bonds. The van der Waals surface area contributed by atoms with Gasteiger partial charge in [0.05, 0.1) is 17.6 Å². The van der Waals surface area contributed by atoms with Crippen molar-refractivity contribution >= 4 is 60.8 Å². The fourth-order valence-electron chi connectivity index (χ4n) is 3.40. The van der Waals surface area contributed by atoms with Crippen molar-refractivity contribution in [2.45, 2.75) is 15.6 Å². The van der Waals surface area contributed by atoms with Crippen LogP contribution >= 0.6 is 22.9 Å². The van der Waals surface area contributed by atoms with Crippen LogP contribution in [0.1, 0.15) is 5.56 Å². The molecule has 30 heavy (non-hydrogen) atoms. The van der Waals surface area contributed by atoms with Gasteiger partial charge in [-0.25, -0.2) is 18.4 Å². The second kappa shape index (κ2) is 7.09. The Kier molecular flexibility index (Phi) is 4.50. The summed E-state index contributed by atoms with van der Waals surface area (Å²) in [5.74, 6) is 0.114. The molecule has 2 N–H and O–H groups in total. The summed E-state index contributed by atoms with van der Waals surface area (Å²) in [6.45, 7) is 0.340. The van der Waals surface area contributed by atoms with Gasteiger partial charge in [0.15, 0.2) is 5.65 Å². The van der Waals surface area contributed by atoms with E-state index >= 15 is 0 Å². The Labute approximate surface area is 181 Å². The van der Waals surface area contributed by atoms with Crippen molar-refractivity contribution in [3.05, 3.63) is 76.6 Å². The van der Waals surface area contributed by atoms with Crippen LogP contribution in [-0.4, -0.2) is 23.0 Å². The topological polar surface area (TPSA) is 90.9 Å². The van der Waals surface area contributed by atoms with Gasteiger partial charge in [-0.15, -0.1) is 11.3 Å². The minimum atomic E-state index is -3.85. The van der Waals surface area contributed by atoms with E-state index in [4.69, 9.17) is 22.3 Å². The highest BCUT2D eigenvalue weighted by molar-refractivity contribution is 7.93. The Bertz CT molecular complexity index is 1490. The van der Waals surface area contributed by atoms with E-state index in [1.807, 2.05) is 30.3 Å². The van der Waals surface area contributed by atoms with Gasteiger partial charge in [0, 0.05) is 5.02 Å². The first-order valence-corrected chi connectivity index (χ1v) is 11.8. The third kappa shape index (κ3) is 3.04. The van der Waals surface area contributed by atoms with Gasteiger partial charge in [0.1, 0.15) is 20.4 Å². The summed E-state index contributed by atoms with van der Waals surface area (Å²) in [5.41, 5.74) is 9.32. The van der Waals surface area contributed by atoms with Crippen LogP contribution in [0.25, 0.3) is 22.2 Å². The zero-order valence-corrected chi connectivity index (χ0v) is 17.9. The number of para-hydroxylation sites is 2. The van der Waals surface area contributed by atoms with E-state index in [-0.39, 0.29) is 20.4 Å². The molecule has 150 valence electrons. The van der Waals surface area contributed by atoms with Gasteiger partial charge in [0.25, 0.3) is 0 Å². The molecular weight excluding hydrogens is 440 g/mol. The summed E-state index contributed by atoms with van der Waals surface area (Å²) in [6.07, 6.45) is 0. The van der Waals surface area contributed by atoms with Crippen LogP contribution in [0.2, 0.25) is 5.02 Å². The number of nitrogens with two attached hydrogens (primary N) is 1. The quantitative estimate of drug-likeness (QED) is 0.422. The number of nitrogens with zero attached hydrogens (tertiary/aromatic N) is 3. The van der Waals surface area contributed by atoms with Gasteiger partial charge < -0.3 is 10.3 Å². The van der Waals surface area contributed by atoms with Crippen molar-refractivity contribution in [3.8, 4) is 0 Å². The molecule has 3 heterocycles. The van der Waals surface area contributed by atoms with Crippen molar-refractivity contribution in [2.75, 3.05) is 5.73 Å². The fourth-order valence-corrected chi connectivity index (χ4v) is 6.14. The van der Waals surface area contributed by atoms with Crippen molar-refractivity contribution in [3.63, 3.8) is 0 Å². The average molecular weight is 455 g/mol. The zero-order valence-electron chi connectivity index (χ0n) is 15.5. The number of anilines is 1. The lowest BCUT2D eigenvalue weighted by Gasteiger charge is -2.08. The number of thiophene rings is 1. The molecule has 3 aromatic heterocycles. The number of halogens is 1. The third-order valence-corrected chi connectivity index (χ3v) is 8.30. The Morgan fingerprint density at radius 2 is 1.67 bits per heavy atom. The summed E-state index contributed by atoms with van der Waals surface area (Å²) in [4.78, 5) is 9.33. The van der Waals surface area contributed by atoms with E-state index in [1.165, 1.54) is 0 Å². The maximum Gasteiger partial charge on any atom is 0.221 e. The van der Waals surface area contributed by atoms with E-state index in [1.54, 1.807) is 40.3 Å². The molecule has 6 nitrogen and oxygen atoms in total. The summed E-state index contributed by atoms with van der Waals surface area (Å²) >= 11 is 7.14. The Balaban J connectivity index is 1.82. The molecule has 0 saturated carbocycles. The first kappa shape index (κ1) is 19.0. The lowest BCUT2D eigenvalue weighted by Crippen LogP contribution is -2.08. The van der Waals surface area contributed by atoms with Gasteiger partial charge in [-0.05, 0) is 41.3 Å². The third-order valence-electron chi connectivity index (χ3n) is 4.83. The number of aromatic nitrogens is 3. The van der Waals surface area contributed by atoms with E-state index in [0.29, 0.717) is 28.2 Å². The highest BCUT2D eigenvalue weighted by Crippen LogP contribution is 2.37. The molecular formula is C21H15ClN4O2S2. The standard InChI is InChI=1S/C21H15ClN4O2S2/c22-14-9-7-13(8-10-14)12-26-20(23)19(30(27,28)17-6-3-11-29-17)18-21(26)25-16-5-2-1-4-15(16)24-18/h1-11H,12,23H2. The largest absolute Gasteiger partial charge is 0.384 e. The van der Waals surface area contributed by atoms with Crippen LogP contribution in [0.5, 0.6) is 0 Å². The number of hydrogen-bond donors (Lipinski definition) is 1. The smallest absolute Gasteiger partial charge is 0.221 e. The fraction of sp³-hybridized carbons (Fsp3) is 0.0476. The van der Waals surface area contributed by atoms with E-state index in [2.05, 4.69) is 4.98 Å². The second-order valence-corrected chi connectivity index (χ2v) is 10.2. The Hall–Kier alpha value is -2.94. The molecule has 0 spiro atoms. The Morgan fingerprint density at radius 1 is 0.967 bits per heavy atom. The second-order valence-electron chi connectivity index (χ2n) is 6.75. The molecule has 5 rings (SSSR count). The van der Waals surface area contributed by atoms with Crippen LogP contribution in [0.4, 0.5) is 5.82 Å². The molecule has 2 aromatic carbocycles. The van der Waals surface area contributed by atoms with E-state index in [9.17, 15) is 8.42 Å². The number of fused-ring (bicyclic) bond motifs is 2. The van der Waals surface area contributed by atoms with Gasteiger partial charge in [-0.3, -0.25) is 0 Å². The van der Waals surface area contributed by atoms with E-state index in [0.717, 1.165) is 16.9 Å². The summed E-state index contributed by atoms with van der Waals surface area (Å²) in [6, 6.07) is 17.9. The lowest BCUT2D eigenvalue weighted by molar-refractivity contribution is 0.599.